The maximum absolute atomic E-state index is 12.1. The number of ether oxygens (including phenoxy) is 1. The van der Waals surface area contributed by atoms with E-state index in [9.17, 15) is 4.79 Å². The summed E-state index contributed by atoms with van der Waals surface area (Å²) in [4.78, 5) is 12.1. The number of aromatic nitrogens is 2. The van der Waals surface area contributed by atoms with Crippen molar-refractivity contribution in [2.75, 3.05) is 20.3 Å². The Morgan fingerprint density at radius 1 is 1.50 bits per heavy atom. The largest absolute Gasteiger partial charge is 0.383 e. The van der Waals surface area contributed by atoms with Gasteiger partial charge in [-0.3, -0.25) is 9.89 Å². The number of aromatic amines is 1. The molecular formula is C13H17N3O2. The third kappa shape index (κ3) is 2.36. The number of amides is 1. The lowest BCUT2D eigenvalue weighted by molar-refractivity contribution is 0.0936. The average Bonchev–Trinajstić information content (AvgIpc) is 2.85. The molecule has 0 atom stereocenters. The summed E-state index contributed by atoms with van der Waals surface area (Å²) in [6.07, 6.45) is 2.56. The number of H-pyrrole nitrogens is 1. The first-order valence-corrected chi connectivity index (χ1v) is 6.00. The predicted molar refractivity (Wildman–Crippen MR) is 69.7 cm³/mol. The summed E-state index contributed by atoms with van der Waals surface area (Å²) in [6.45, 7) is 3.07. The van der Waals surface area contributed by atoms with Gasteiger partial charge in [-0.1, -0.05) is 6.92 Å². The molecule has 0 aliphatic rings. The lowest BCUT2D eigenvalue weighted by Gasteiger charge is -2.09. The first-order chi connectivity index (χ1) is 8.77. The molecule has 1 amide bonds. The van der Waals surface area contributed by atoms with Crippen LogP contribution in [-0.2, 0) is 11.2 Å². The Morgan fingerprint density at radius 3 is 3.06 bits per heavy atom. The molecule has 2 aromatic rings. The zero-order chi connectivity index (χ0) is 13.0. The third-order valence-electron chi connectivity index (χ3n) is 2.93. The maximum Gasteiger partial charge on any atom is 0.251 e. The second-order valence-corrected chi connectivity index (χ2v) is 4.03. The Labute approximate surface area is 106 Å². The molecule has 1 aromatic heterocycles. The molecule has 0 aliphatic carbocycles. The van der Waals surface area contributed by atoms with Gasteiger partial charge in [0.1, 0.15) is 0 Å². The zero-order valence-corrected chi connectivity index (χ0v) is 10.6. The van der Waals surface area contributed by atoms with Crippen molar-refractivity contribution in [3.8, 4) is 0 Å². The van der Waals surface area contributed by atoms with Gasteiger partial charge in [0.05, 0.1) is 18.3 Å². The number of hydrogen-bond acceptors (Lipinski definition) is 3. The van der Waals surface area contributed by atoms with Gasteiger partial charge >= 0.3 is 0 Å². The quantitative estimate of drug-likeness (QED) is 0.787. The van der Waals surface area contributed by atoms with Crippen molar-refractivity contribution < 1.29 is 9.53 Å². The molecule has 0 bridgehead atoms. The Bertz CT molecular complexity index is 548. The molecule has 1 heterocycles. The number of aryl methyl sites for hydroxylation is 1. The first kappa shape index (κ1) is 12.6. The minimum absolute atomic E-state index is 0.0630. The van der Waals surface area contributed by atoms with E-state index in [1.54, 1.807) is 13.3 Å². The highest BCUT2D eigenvalue weighted by atomic mass is 16.5. The molecule has 1 aromatic carbocycles. The van der Waals surface area contributed by atoms with Crippen molar-refractivity contribution in [3.05, 3.63) is 29.5 Å². The van der Waals surface area contributed by atoms with Crippen LogP contribution in [0.4, 0.5) is 0 Å². The summed E-state index contributed by atoms with van der Waals surface area (Å²) in [6, 6.07) is 3.72. The molecule has 0 saturated heterocycles. The van der Waals surface area contributed by atoms with E-state index >= 15 is 0 Å². The number of methoxy groups -OCH3 is 1. The smallest absolute Gasteiger partial charge is 0.251 e. The van der Waals surface area contributed by atoms with Crippen LogP contribution in [0.3, 0.4) is 0 Å². The Hall–Kier alpha value is -1.88. The lowest BCUT2D eigenvalue weighted by atomic mass is 10.0. The second kappa shape index (κ2) is 5.64. The average molecular weight is 247 g/mol. The Kier molecular flexibility index (Phi) is 3.94. The molecule has 0 saturated carbocycles. The molecule has 5 heteroatoms. The van der Waals surface area contributed by atoms with E-state index in [0.717, 1.165) is 22.9 Å². The number of fused-ring (bicyclic) bond motifs is 1. The van der Waals surface area contributed by atoms with Gasteiger partial charge in [-0.2, -0.15) is 5.10 Å². The van der Waals surface area contributed by atoms with Crippen molar-refractivity contribution in [1.82, 2.24) is 15.5 Å². The van der Waals surface area contributed by atoms with Crippen molar-refractivity contribution in [2.45, 2.75) is 13.3 Å². The van der Waals surface area contributed by atoms with Crippen LogP contribution in [0.2, 0.25) is 0 Å². The lowest BCUT2D eigenvalue weighted by Crippen LogP contribution is -2.27. The van der Waals surface area contributed by atoms with Crippen LogP contribution in [0.15, 0.2) is 18.3 Å². The summed E-state index contributed by atoms with van der Waals surface area (Å²) in [7, 11) is 1.61. The van der Waals surface area contributed by atoms with E-state index in [4.69, 9.17) is 4.74 Å². The summed E-state index contributed by atoms with van der Waals surface area (Å²) in [5, 5.41) is 10.8. The number of carbonyl (C=O) groups is 1. The van der Waals surface area contributed by atoms with Gasteiger partial charge in [0.15, 0.2) is 0 Å². The highest BCUT2D eigenvalue weighted by Crippen LogP contribution is 2.21. The van der Waals surface area contributed by atoms with Crippen LogP contribution in [0.1, 0.15) is 22.8 Å². The fraction of sp³-hybridized carbons (Fsp3) is 0.385. The number of nitrogens with zero attached hydrogens (tertiary/aromatic N) is 1. The maximum atomic E-state index is 12.1. The zero-order valence-electron chi connectivity index (χ0n) is 10.6. The van der Waals surface area contributed by atoms with E-state index in [-0.39, 0.29) is 5.91 Å². The third-order valence-corrected chi connectivity index (χ3v) is 2.93. The van der Waals surface area contributed by atoms with Gasteiger partial charge < -0.3 is 10.1 Å². The molecule has 96 valence electrons. The minimum Gasteiger partial charge on any atom is -0.383 e. The molecule has 18 heavy (non-hydrogen) atoms. The summed E-state index contributed by atoms with van der Waals surface area (Å²) >= 11 is 0. The van der Waals surface area contributed by atoms with Crippen molar-refractivity contribution in [3.63, 3.8) is 0 Å². The van der Waals surface area contributed by atoms with Gasteiger partial charge in [-0.25, -0.2) is 0 Å². The molecular weight excluding hydrogens is 230 g/mol. The number of nitrogens with one attached hydrogen (secondary N) is 2. The molecule has 0 radical (unpaired) electrons. The van der Waals surface area contributed by atoms with Crippen LogP contribution < -0.4 is 5.32 Å². The number of benzene rings is 1. The van der Waals surface area contributed by atoms with Gasteiger partial charge in [-0.05, 0) is 24.1 Å². The van der Waals surface area contributed by atoms with Crippen LogP contribution >= 0.6 is 0 Å². The Morgan fingerprint density at radius 2 is 2.33 bits per heavy atom. The monoisotopic (exact) mass is 247 g/mol. The Balaban J connectivity index is 2.29. The minimum atomic E-state index is -0.0630. The van der Waals surface area contributed by atoms with Gasteiger partial charge in [0, 0.05) is 24.6 Å². The van der Waals surface area contributed by atoms with Crippen molar-refractivity contribution in [1.29, 1.82) is 0 Å². The highest BCUT2D eigenvalue weighted by molar-refractivity contribution is 6.00. The number of hydrogen-bond donors (Lipinski definition) is 2. The molecule has 2 N–H and O–H groups in total. The van der Waals surface area contributed by atoms with Crippen molar-refractivity contribution >= 4 is 16.8 Å². The molecule has 0 spiro atoms. The molecule has 0 fully saturated rings. The summed E-state index contributed by atoms with van der Waals surface area (Å²) in [5.74, 6) is -0.0630. The molecule has 0 aliphatic heterocycles. The first-order valence-electron chi connectivity index (χ1n) is 6.00. The fourth-order valence-electron chi connectivity index (χ4n) is 2.03. The molecule has 2 rings (SSSR count). The normalized spacial score (nSPS) is 10.8. The number of rotatable bonds is 5. The summed E-state index contributed by atoms with van der Waals surface area (Å²) < 4.78 is 4.91. The van der Waals surface area contributed by atoms with E-state index in [1.165, 1.54) is 0 Å². The fourth-order valence-corrected chi connectivity index (χ4v) is 2.03. The molecule has 5 nitrogen and oxygen atoms in total. The topological polar surface area (TPSA) is 67.0 Å². The highest BCUT2D eigenvalue weighted by Gasteiger charge is 2.13. The van der Waals surface area contributed by atoms with E-state index in [2.05, 4.69) is 15.5 Å². The standard InChI is InChI=1S/C13H17N3O2/c1-3-9-10(13(17)14-6-7-18-2)4-5-12-11(9)8-15-16-12/h4-5,8H,3,6-7H2,1-2H3,(H,14,17)(H,15,16). The summed E-state index contributed by atoms with van der Waals surface area (Å²) in [5.41, 5.74) is 2.69. The van der Waals surface area contributed by atoms with Gasteiger partial charge in [0.25, 0.3) is 5.91 Å². The van der Waals surface area contributed by atoms with Crippen molar-refractivity contribution in [2.24, 2.45) is 0 Å². The van der Waals surface area contributed by atoms with Gasteiger partial charge in [-0.15, -0.1) is 0 Å². The predicted octanol–water partition coefficient (Wildman–Crippen LogP) is 1.50. The van der Waals surface area contributed by atoms with Crippen LogP contribution in [0.25, 0.3) is 10.9 Å². The van der Waals surface area contributed by atoms with E-state index in [1.807, 2.05) is 19.1 Å². The second-order valence-electron chi connectivity index (χ2n) is 4.03. The van der Waals surface area contributed by atoms with E-state index in [0.29, 0.717) is 18.7 Å². The van der Waals surface area contributed by atoms with Crippen LogP contribution in [0.5, 0.6) is 0 Å². The SMILES string of the molecule is CCc1c(C(=O)NCCOC)ccc2[nH]ncc12. The van der Waals surface area contributed by atoms with Crippen LogP contribution in [-0.4, -0.2) is 36.4 Å². The van der Waals surface area contributed by atoms with E-state index < -0.39 is 0 Å². The number of carbonyl (C=O) groups excluding carboxylic acids is 1. The molecule has 0 unspecified atom stereocenters. The van der Waals surface area contributed by atoms with Gasteiger partial charge in [0.2, 0.25) is 0 Å². The van der Waals surface area contributed by atoms with Crippen LogP contribution in [0, 0.1) is 0 Å².